The van der Waals surface area contributed by atoms with Gasteiger partial charge in [-0.25, -0.2) is 0 Å². The van der Waals surface area contributed by atoms with Gasteiger partial charge in [0.1, 0.15) is 18.1 Å². The van der Waals surface area contributed by atoms with Crippen molar-refractivity contribution < 1.29 is 9.15 Å². The molecule has 0 radical (unpaired) electrons. The Bertz CT molecular complexity index is 587. The number of nitrogens with one attached hydrogen (secondary N) is 1. The van der Waals surface area contributed by atoms with E-state index in [9.17, 15) is 0 Å². The Hall–Kier alpha value is -1.70. The van der Waals surface area contributed by atoms with Crippen LogP contribution in [-0.2, 0) is 6.54 Å². The molecule has 0 aliphatic heterocycles. The summed E-state index contributed by atoms with van der Waals surface area (Å²) in [5.74, 6) is 4.18. The van der Waals surface area contributed by atoms with Crippen molar-refractivity contribution >= 4 is 15.9 Å². The number of hydrogen-bond acceptors (Lipinski definition) is 3. The molecule has 0 spiro atoms. The number of hydrogen-bond donors (Lipinski definition) is 1. The second kappa shape index (κ2) is 7.18. The van der Waals surface area contributed by atoms with Crippen molar-refractivity contribution in [2.24, 2.45) is 0 Å². The van der Waals surface area contributed by atoms with Crippen LogP contribution in [0.4, 0.5) is 0 Å². The van der Waals surface area contributed by atoms with Crippen LogP contribution in [0.2, 0.25) is 0 Å². The van der Waals surface area contributed by atoms with Crippen molar-refractivity contribution in [1.82, 2.24) is 5.32 Å². The minimum absolute atomic E-state index is 0.129. The van der Waals surface area contributed by atoms with Gasteiger partial charge in [0.2, 0.25) is 0 Å². The number of benzene rings is 1. The summed E-state index contributed by atoms with van der Waals surface area (Å²) in [7, 11) is 0. The second-order valence-electron chi connectivity index (χ2n) is 4.36. The molecule has 20 heavy (non-hydrogen) atoms. The molecule has 2 rings (SSSR count). The lowest BCUT2D eigenvalue weighted by Gasteiger charge is -2.14. The Balaban J connectivity index is 2.04. The van der Waals surface area contributed by atoms with Crippen molar-refractivity contribution in [3.63, 3.8) is 0 Å². The molecule has 1 aromatic heterocycles. The molecule has 4 heteroatoms. The van der Waals surface area contributed by atoms with Gasteiger partial charge >= 0.3 is 0 Å². The summed E-state index contributed by atoms with van der Waals surface area (Å²) in [4.78, 5) is 0. The summed E-state index contributed by atoms with van der Waals surface area (Å²) in [6.45, 7) is 2.99. The van der Waals surface area contributed by atoms with Gasteiger partial charge in [-0.05, 0) is 37.3 Å². The van der Waals surface area contributed by atoms with Gasteiger partial charge < -0.3 is 14.5 Å². The smallest absolute Gasteiger partial charge is 0.148 e. The van der Waals surface area contributed by atoms with Crippen LogP contribution >= 0.6 is 15.9 Å². The molecule has 1 aromatic carbocycles. The number of rotatable bonds is 6. The summed E-state index contributed by atoms with van der Waals surface area (Å²) in [5, 5.41) is 3.40. The van der Waals surface area contributed by atoms with Gasteiger partial charge in [0, 0.05) is 16.6 Å². The fourth-order valence-electron chi connectivity index (χ4n) is 1.85. The topological polar surface area (TPSA) is 34.4 Å². The van der Waals surface area contributed by atoms with Crippen molar-refractivity contribution in [1.29, 1.82) is 0 Å². The molecular formula is C16H16BrNO2. The second-order valence-corrected chi connectivity index (χ2v) is 5.28. The van der Waals surface area contributed by atoms with Gasteiger partial charge in [0.25, 0.3) is 0 Å². The average molecular weight is 334 g/mol. The maximum absolute atomic E-state index is 5.54. The summed E-state index contributed by atoms with van der Waals surface area (Å²) in [6.07, 6.45) is 6.91. The summed E-state index contributed by atoms with van der Waals surface area (Å²) in [6, 6.07) is 9.83. The fourth-order valence-corrected chi connectivity index (χ4v) is 2.26. The summed E-state index contributed by atoms with van der Waals surface area (Å²) in [5.41, 5.74) is 1.05. The van der Waals surface area contributed by atoms with E-state index in [0.29, 0.717) is 6.54 Å². The lowest BCUT2D eigenvalue weighted by Crippen LogP contribution is -2.18. The normalized spacial score (nSPS) is 11.8. The van der Waals surface area contributed by atoms with Crippen LogP contribution < -0.4 is 10.1 Å². The van der Waals surface area contributed by atoms with Gasteiger partial charge in [-0.2, -0.15) is 0 Å². The van der Waals surface area contributed by atoms with Crippen molar-refractivity contribution in [3.05, 3.63) is 52.4 Å². The highest BCUT2D eigenvalue weighted by Crippen LogP contribution is 2.24. The molecule has 0 fully saturated rings. The molecule has 1 N–H and O–H groups in total. The number of furan rings is 1. The van der Waals surface area contributed by atoms with E-state index >= 15 is 0 Å². The van der Waals surface area contributed by atoms with E-state index in [2.05, 4.69) is 34.1 Å². The van der Waals surface area contributed by atoms with Gasteiger partial charge in [0.05, 0.1) is 12.3 Å². The summed E-state index contributed by atoms with van der Waals surface area (Å²) >= 11 is 3.47. The predicted molar refractivity (Wildman–Crippen MR) is 82.4 cm³/mol. The molecule has 0 aliphatic rings. The van der Waals surface area contributed by atoms with Crippen LogP contribution in [0.25, 0.3) is 0 Å². The maximum Gasteiger partial charge on any atom is 0.148 e. The average Bonchev–Trinajstić information content (AvgIpc) is 2.98. The van der Waals surface area contributed by atoms with E-state index in [0.717, 1.165) is 21.5 Å². The molecule has 3 nitrogen and oxygen atoms in total. The first kappa shape index (κ1) is 14.7. The van der Waals surface area contributed by atoms with Crippen LogP contribution in [0.3, 0.4) is 0 Å². The molecule has 0 unspecified atom stereocenters. The van der Waals surface area contributed by atoms with E-state index in [1.165, 1.54) is 0 Å². The van der Waals surface area contributed by atoms with E-state index < -0.39 is 0 Å². The van der Waals surface area contributed by atoms with Crippen molar-refractivity contribution in [3.8, 4) is 18.1 Å². The van der Waals surface area contributed by atoms with E-state index in [1.807, 2.05) is 30.3 Å². The minimum Gasteiger partial charge on any atom is -0.481 e. The largest absolute Gasteiger partial charge is 0.481 e. The van der Waals surface area contributed by atoms with E-state index in [4.69, 9.17) is 15.6 Å². The first-order chi connectivity index (χ1) is 9.70. The van der Waals surface area contributed by atoms with Crippen molar-refractivity contribution in [2.75, 3.05) is 6.61 Å². The molecule has 104 valence electrons. The van der Waals surface area contributed by atoms with Crippen molar-refractivity contribution in [2.45, 2.75) is 19.5 Å². The Morgan fingerprint density at radius 3 is 3.00 bits per heavy atom. The van der Waals surface area contributed by atoms with Crippen LogP contribution in [0, 0.1) is 12.3 Å². The molecular weight excluding hydrogens is 318 g/mol. The zero-order valence-electron chi connectivity index (χ0n) is 11.2. The number of halogens is 1. The van der Waals surface area contributed by atoms with E-state index in [1.54, 1.807) is 6.26 Å². The van der Waals surface area contributed by atoms with Crippen LogP contribution in [0.1, 0.15) is 24.3 Å². The van der Waals surface area contributed by atoms with E-state index in [-0.39, 0.29) is 12.6 Å². The lowest BCUT2D eigenvalue weighted by atomic mass is 10.1. The number of ether oxygens (including phenoxy) is 1. The third-order valence-corrected chi connectivity index (χ3v) is 3.40. The highest BCUT2D eigenvalue weighted by Gasteiger charge is 2.10. The molecule has 1 heterocycles. The Morgan fingerprint density at radius 1 is 1.45 bits per heavy atom. The molecule has 2 aromatic rings. The predicted octanol–water partition coefficient (Wildman–Crippen LogP) is 3.90. The molecule has 0 saturated carbocycles. The van der Waals surface area contributed by atoms with Crippen LogP contribution in [0.5, 0.6) is 5.75 Å². The first-order valence-corrected chi connectivity index (χ1v) is 7.11. The SMILES string of the molecule is C#CCOc1ccc(Br)cc1CN[C@H](C)c1ccco1. The monoisotopic (exact) mass is 333 g/mol. The van der Waals surface area contributed by atoms with Gasteiger partial charge in [0.15, 0.2) is 0 Å². The maximum atomic E-state index is 5.54. The van der Waals surface area contributed by atoms with Gasteiger partial charge in [-0.3, -0.25) is 0 Å². The zero-order chi connectivity index (χ0) is 14.4. The van der Waals surface area contributed by atoms with Gasteiger partial charge in [-0.15, -0.1) is 6.42 Å². The highest BCUT2D eigenvalue weighted by molar-refractivity contribution is 9.10. The highest BCUT2D eigenvalue weighted by atomic mass is 79.9. The third kappa shape index (κ3) is 3.89. The molecule has 1 atom stereocenters. The molecule has 0 amide bonds. The Morgan fingerprint density at radius 2 is 2.30 bits per heavy atom. The zero-order valence-corrected chi connectivity index (χ0v) is 12.8. The minimum atomic E-state index is 0.129. The Labute approximate surface area is 127 Å². The molecule has 0 bridgehead atoms. The molecule has 0 aliphatic carbocycles. The third-order valence-electron chi connectivity index (χ3n) is 2.90. The first-order valence-electron chi connectivity index (χ1n) is 6.32. The molecule has 0 saturated heterocycles. The standard InChI is InChI=1S/C16H16BrNO2/c1-3-8-19-16-7-6-14(17)10-13(16)11-18-12(2)15-5-4-9-20-15/h1,4-7,9-10,12,18H,8,11H2,2H3/t12-/m1/s1. The quantitative estimate of drug-likeness (QED) is 0.814. The number of terminal acetylenes is 1. The Kier molecular flexibility index (Phi) is 5.28. The lowest BCUT2D eigenvalue weighted by molar-refractivity contribution is 0.362. The van der Waals surface area contributed by atoms with Crippen LogP contribution in [0.15, 0.2) is 45.5 Å². The fraction of sp³-hybridized carbons (Fsp3) is 0.250. The summed E-state index contributed by atoms with van der Waals surface area (Å²) < 4.78 is 11.9. The van der Waals surface area contributed by atoms with Crippen LogP contribution in [-0.4, -0.2) is 6.61 Å². The van der Waals surface area contributed by atoms with Gasteiger partial charge in [-0.1, -0.05) is 21.9 Å².